The van der Waals surface area contributed by atoms with Crippen molar-refractivity contribution in [2.24, 2.45) is 0 Å². The van der Waals surface area contributed by atoms with Crippen LogP contribution in [0.2, 0.25) is 0 Å². The van der Waals surface area contributed by atoms with E-state index < -0.39 is 0 Å². The summed E-state index contributed by atoms with van der Waals surface area (Å²) in [6.07, 6.45) is 15.5. The highest BCUT2D eigenvalue weighted by Crippen LogP contribution is 2.05. The van der Waals surface area contributed by atoms with E-state index in [0.717, 1.165) is 6.42 Å². The summed E-state index contributed by atoms with van der Waals surface area (Å²) in [5.74, 6) is 0. The normalized spacial score (nSPS) is 20.4. The van der Waals surface area contributed by atoms with Crippen LogP contribution in [-0.2, 0) is 0 Å². The maximum Gasteiger partial charge on any atom is -0.0169 e. The van der Waals surface area contributed by atoms with Crippen molar-refractivity contribution in [1.82, 2.24) is 0 Å². The highest BCUT2D eigenvalue weighted by atomic mass is 13.9. The highest BCUT2D eigenvalue weighted by Gasteiger charge is 1.84. The van der Waals surface area contributed by atoms with Crippen molar-refractivity contribution in [1.29, 1.82) is 0 Å². The molecule has 0 aromatic rings. The van der Waals surface area contributed by atoms with E-state index in [-0.39, 0.29) is 0 Å². The minimum Gasteiger partial charge on any atom is -0.0882 e. The lowest BCUT2D eigenvalue weighted by Crippen LogP contribution is -1.69. The van der Waals surface area contributed by atoms with E-state index in [9.17, 15) is 0 Å². The van der Waals surface area contributed by atoms with Gasteiger partial charge in [0.15, 0.2) is 0 Å². The molecule has 50 valence electrons. The molecule has 0 aromatic heterocycles. The van der Waals surface area contributed by atoms with Crippen molar-refractivity contribution in [3.63, 3.8) is 0 Å². The Hall–Kier alpha value is -0.520. The summed E-state index contributed by atoms with van der Waals surface area (Å²) in [5, 5.41) is 0. The average molecular weight is 122 g/mol. The number of rotatable bonds is 0. The zero-order chi connectivity index (χ0) is 6.36. The van der Waals surface area contributed by atoms with E-state index in [1.54, 1.807) is 0 Å². The van der Waals surface area contributed by atoms with Gasteiger partial charge in [-0.25, -0.2) is 0 Å². The molecule has 1 aliphatic carbocycles. The quantitative estimate of drug-likeness (QED) is 0.433. The minimum absolute atomic E-state index is 1.14. The molecular formula is C9H14. The molecule has 0 spiro atoms. The Kier molecular flexibility index (Phi) is 3.20. The van der Waals surface area contributed by atoms with Gasteiger partial charge in [-0.1, -0.05) is 24.3 Å². The zero-order valence-corrected chi connectivity index (χ0v) is 5.84. The Labute approximate surface area is 57.3 Å². The molecule has 0 heteroatoms. The molecule has 0 saturated carbocycles. The molecule has 1 aliphatic rings. The smallest absolute Gasteiger partial charge is 0.0169 e. The molecule has 0 heterocycles. The van der Waals surface area contributed by atoms with Crippen LogP contribution in [-0.4, -0.2) is 0 Å². The van der Waals surface area contributed by atoms with Gasteiger partial charge in [-0.2, -0.15) is 0 Å². The van der Waals surface area contributed by atoms with Crippen molar-refractivity contribution in [3.05, 3.63) is 24.3 Å². The topological polar surface area (TPSA) is 0 Å². The van der Waals surface area contributed by atoms with Gasteiger partial charge >= 0.3 is 0 Å². The maximum absolute atomic E-state index is 2.29. The summed E-state index contributed by atoms with van der Waals surface area (Å²) in [6.45, 7) is 0. The van der Waals surface area contributed by atoms with Gasteiger partial charge in [-0.3, -0.25) is 0 Å². The van der Waals surface area contributed by atoms with Gasteiger partial charge in [-0.15, -0.1) is 0 Å². The summed E-state index contributed by atoms with van der Waals surface area (Å²) in [5.41, 5.74) is 0. The zero-order valence-electron chi connectivity index (χ0n) is 5.84. The molecule has 0 fully saturated rings. The predicted octanol–water partition coefficient (Wildman–Crippen LogP) is 3.06. The molecule has 0 aliphatic heterocycles. The fourth-order valence-electron chi connectivity index (χ4n) is 1.03. The number of hydrogen-bond donors (Lipinski definition) is 0. The van der Waals surface area contributed by atoms with Gasteiger partial charge in [-0.05, 0) is 32.1 Å². The first kappa shape index (κ1) is 6.60. The van der Waals surface area contributed by atoms with E-state index in [4.69, 9.17) is 0 Å². The van der Waals surface area contributed by atoms with E-state index in [2.05, 4.69) is 24.3 Å². The Morgan fingerprint density at radius 1 is 0.667 bits per heavy atom. The molecule has 0 radical (unpaired) electrons. The van der Waals surface area contributed by atoms with Crippen molar-refractivity contribution >= 4 is 0 Å². The molecule has 0 atom stereocenters. The standard InChI is InChI=1S/C9H14/c1-2-4-6-8-9-7-5-3-1/h1-2,5,7H,3-4,6,8-9H2. The van der Waals surface area contributed by atoms with Crippen LogP contribution in [0.5, 0.6) is 0 Å². The first-order valence-corrected chi connectivity index (χ1v) is 3.80. The number of allylic oxidation sites excluding steroid dienone is 4. The molecule has 0 aromatic carbocycles. The van der Waals surface area contributed by atoms with Crippen molar-refractivity contribution in [2.75, 3.05) is 0 Å². The summed E-state index contributed by atoms with van der Waals surface area (Å²) in [6, 6.07) is 0. The van der Waals surface area contributed by atoms with Gasteiger partial charge in [0.05, 0.1) is 0 Å². The second kappa shape index (κ2) is 4.37. The lowest BCUT2D eigenvalue weighted by Gasteiger charge is -1.89. The van der Waals surface area contributed by atoms with Gasteiger partial charge in [0, 0.05) is 0 Å². The lowest BCUT2D eigenvalue weighted by atomic mass is 10.2. The fraction of sp³-hybridized carbons (Fsp3) is 0.556. The second-order valence-electron chi connectivity index (χ2n) is 2.46. The first-order chi connectivity index (χ1) is 4.50. The van der Waals surface area contributed by atoms with Gasteiger partial charge in [0.25, 0.3) is 0 Å². The van der Waals surface area contributed by atoms with Crippen LogP contribution in [0, 0.1) is 0 Å². The van der Waals surface area contributed by atoms with E-state index in [1.807, 2.05) is 0 Å². The molecule has 1 rings (SSSR count). The molecule has 0 amide bonds. The van der Waals surface area contributed by atoms with Gasteiger partial charge in [0.1, 0.15) is 0 Å². The van der Waals surface area contributed by atoms with Crippen molar-refractivity contribution in [2.45, 2.75) is 32.1 Å². The van der Waals surface area contributed by atoms with Gasteiger partial charge < -0.3 is 0 Å². The molecule has 0 unspecified atom stereocenters. The number of hydrogen-bond acceptors (Lipinski definition) is 0. The van der Waals surface area contributed by atoms with E-state index in [0.29, 0.717) is 0 Å². The van der Waals surface area contributed by atoms with Crippen LogP contribution in [0.4, 0.5) is 0 Å². The van der Waals surface area contributed by atoms with Gasteiger partial charge in [0.2, 0.25) is 0 Å². The molecule has 0 N–H and O–H groups in total. The minimum atomic E-state index is 1.14. The van der Waals surface area contributed by atoms with Crippen molar-refractivity contribution < 1.29 is 0 Å². The monoisotopic (exact) mass is 122 g/mol. The third-order valence-electron chi connectivity index (χ3n) is 1.60. The molecule has 9 heavy (non-hydrogen) atoms. The summed E-state index contributed by atoms with van der Waals surface area (Å²) in [7, 11) is 0. The largest absolute Gasteiger partial charge is 0.0882 e. The summed E-state index contributed by atoms with van der Waals surface area (Å²) < 4.78 is 0. The third-order valence-corrected chi connectivity index (χ3v) is 1.60. The Morgan fingerprint density at radius 3 is 1.78 bits per heavy atom. The van der Waals surface area contributed by atoms with Crippen LogP contribution in [0.3, 0.4) is 0 Å². The Morgan fingerprint density at radius 2 is 1.22 bits per heavy atom. The SMILES string of the molecule is C1=CCCCCC=CC1. The molecule has 0 saturated heterocycles. The predicted molar refractivity (Wildman–Crippen MR) is 41.4 cm³/mol. The molecule has 0 bridgehead atoms. The van der Waals surface area contributed by atoms with Crippen LogP contribution in [0.15, 0.2) is 24.3 Å². The van der Waals surface area contributed by atoms with Crippen molar-refractivity contribution in [3.8, 4) is 0 Å². The summed E-state index contributed by atoms with van der Waals surface area (Å²) >= 11 is 0. The van der Waals surface area contributed by atoms with Crippen LogP contribution < -0.4 is 0 Å². The third kappa shape index (κ3) is 3.12. The highest BCUT2D eigenvalue weighted by molar-refractivity contribution is 4.94. The average Bonchev–Trinajstić information content (AvgIpc) is 2.00. The Balaban J connectivity index is 2.28. The summed E-state index contributed by atoms with van der Waals surface area (Å²) in [4.78, 5) is 0. The second-order valence-corrected chi connectivity index (χ2v) is 2.46. The van der Waals surface area contributed by atoms with Crippen LogP contribution >= 0.6 is 0 Å². The maximum atomic E-state index is 2.29. The van der Waals surface area contributed by atoms with Crippen LogP contribution in [0.1, 0.15) is 32.1 Å². The fourth-order valence-corrected chi connectivity index (χ4v) is 1.03. The van der Waals surface area contributed by atoms with Crippen LogP contribution in [0.25, 0.3) is 0 Å². The lowest BCUT2D eigenvalue weighted by molar-refractivity contribution is 0.764. The molecule has 0 nitrogen and oxygen atoms in total. The van der Waals surface area contributed by atoms with E-state index >= 15 is 0 Å². The Bertz CT molecular complexity index is 95.2. The van der Waals surface area contributed by atoms with E-state index in [1.165, 1.54) is 25.7 Å². The molecular weight excluding hydrogens is 108 g/mol. The first-order valence-electron chi connectivity index (χ1n) is 3.80.